The zero-order chi connectivity index (χ0) is 83.2. The maximum absolute atomic E-state index is 15.7. The van der Waals surface area contributed by atoms with Gasteiger partial charge in [-0.1, -0.05) is 77.3 Å². The number of ether oxygens (including phenoxy) is 1. The van der Waals surface area contributed by atoms with Gasteiger partial charge in [-0.2, -0.15) is 26.3 Å². The summed E-state index contributed by atoms with van der Waals surface area (Å²) in [6, 6.07) is -7.70. The number of aryl methyl sites for hydroxylation is 1. The highest BCUT2D eigenvalue weighted by atomic mass is 19.4. The van der Waals surface area contributed by atoms with Crippen LogP contribution in [0, 0.1) is 29.4 Å². The van der Waals surface area contributed by atoms with Crippen molar-refractivity contribution < 1.29 is 97.4 Å². The Morgan fingerprint density at radius 3 is 1.82 bits per heavy atom. The molecule has 2 saturated heterocycles. The van der Waals surface area contributed by atoms with Gasteiger partial charge >= 0.3 is 12.4 Å². The number of carbonyl (C=O) groups is 12. The van der Waals surface area contributed by atoms with Gasteiger partial charge in [0.1, 0.15) is 71.1 Å². The predicted molar refractivity (Wildman–Crippen MR) is 394 cm³/mol. The molecule has 25 nitrogen and oxygen atoms in total. The second-order valence-corrected chi connectivity index (χ2v) is 30.8. The molecule has 33 heteroatoms. The van der Waals surface area contributed by atoms with Crippen molar-refractivity contribution in [1.82, 2.24) is 60.0 Å². The number of amides is 12. The molecule has 2 aliphatic heterocycles. The maximum atomic E-state index is 15.7. The lowest BCUT2D eigenvalue weighted by atomic mass is 9.74. The van der Waals surface area contributed by atoms with Crippen LogP contribution >= 0.6 is 0 Å². The molecular weight excluding hydrogens is 1460 g/mol. The smallest absolute Gasteiger partial charge is 0.377 e. The quantitative estimate of drug-likeness (QED) is 0.101. The summed E-state index contributed by atoms with van der Waals surface area (Å²) in [5.74, 6) is -15.8. The van der Waals surface area contributed by atoms with Gasteiger partial charge in [0.25, 0.3) is 0 Å². The summed E-state index contributed by atoms with van der Waals surface area (Å²) < 4.78 is 120. The Bertz CT molecular complexity index is 3710. The first-order chi connectivity index (χ1) is 51.8. The van der Waals surface area contributed by atoms with E-state index in [2.05, 4.69) is 29.1 Å². The monoisotopic (exact) mass is 1570 g/mol. The number of alkyl halides is 6. The van der Waals surface area contributed by atoms with Crippen molar-refractivity contribution in [2.75, 3.05) is 89.2 Å². The molecule has 10 atom stereocenters. The summed E-state index contributed by atoms with van der Waals surface area (Å²) >= 11 is 0. The third kappa shape index (κ3) is 22.6. The number of allylic oxidation sites excluding steroid dienone is 1. The molecule has 4 fully saturated rings. The summed E-state index contributed by atoms with van der Waals surface area (Å²) in [5.41, 5.74) is -5.10. The molecule has 0 aromatic heterocycles. The highest BCUT2D eigenvalue weighted by Crippen LogP contribution is 2.40. The summed E-state index contributed by atoms with van der Waals surface area (Å²) in [6.45, 7) is 15.4. The number of carbonyl (C=O) groups excluding carboxylic acids is 12. The van der Waals surface area contributed by atoms with Crippen molar-refractivity contribution in [3.05, 3.63) is 95.1 Å². The predicted octanol–water partition coefficient (Wildman–Crippen LogP) is 6.93. The van der Waals surface area contributed by atoms with E-state index < -0.39 is 229 Å². The molecule has 1 spiro atoms. The number of nitrogens with one attached hydrogen (secondary N) is 3. The fourth-order valence-corrected chi connectivity index (χ4v) is 15.0. The van der Waals surface area contributed by atoms with Crippen LogP contribution < -0.4 is 16.0 Å². The minimum atomic E-state index is -5.47. The Labute approximate surface area is 644 Å². The number of hydrogen-bond donors (Lipinski definition) is 3. The van der Waals surface area contributed by atoms with E-state index in [1.807, 2.05) is 0 Å². The van der Waals surface area contributed by atoms with Crippen molar-refractivity contribution in [3.8, 4) is 0 Å². The Morgan fingerprint density at radius 1 is 0.703 bits per heavy atom. The van der Waals surface area contributed by atoms with Crippen molar-refractivity contribution in [2.45, 2.75) is 217 Å². The van der Waals surface area contributed by atoms with Gasteiger partial charge in [0, 0.05) is 88.9 Å². The fraction of sp³-hybridized carbons (Fsp3) is 0.641. The molecular formula is C78H110F8N12O13. The molecule has 3 N–H and O–H groups in total. The van der Waals surface area contributed by atoms with Crippen molar-refractivity contribution in [3.63, 3.8) is 0 Å². The topological polar surface area (TPSA) is 279 Å². The molecule has 2 heterocycles. The lowest BCUT2D eigenvalue weighted by molar-refractivity contribution is -0.158. The summed E-state index contributed by atoms with van der Waals surface area (Å²) in [7, 11) is 10.6. The van der Waals surface area contributed by atoms with E-state index in [0.29, 0.717) is 50.7 Å². The molecule has 0 unspecified atom stereocenters. The standard InChI is InChI=1S/C78H110F8N12O13/c1-17-20-26-56-72(107)97(41-46(6)7)60(38-48-27-30-51(31-28-48)77(81,82)83)71(106)91(11)43-61(99)87-55(32-29-49-36-53(79)64(54(80)37-49)78(84,85)86)69(104)98-42-52(111-19-3)39-58(98)68(103)89-76(33-23-34-76)75(110)96(16)66(50-24-21-22-25-50)74(109)95(15)59(70(105)90(9)10)40-62(100)94(14)57(35-45(4)5)67(102)88-65(47(8)18-2)73(108)92(12)44-63(101)93(56)13/h17,27-28,30-31,36-37,45,47,50,52,55-60,65-66H,1,6,18-26,29,32-35,38-44H2,2-5,7-16H3,(H,87,99)(H,88,102)(H,89,103)/t47-,52+,55-,56-,57-,58-,59-,60-,65-,66+/m0/s1. The Kier molecular flexibility index (Phi) is 31.9. The second kappa shape index (κ2) is 38.9. The number of nitrogens with zero attached hydrogens (tertiary/aromatic N) is 9. The lowest BCUT2D eigenvalue weighted by Gasteiger charge is -2.46. The Balaban J connectivity index is 1.54. The van der Waals surface area contributed by atoms with Crippen LogP contribution in [0.2, 0.25) is 0 Å². The van der Waals surface area contributed by atoms with E-state index >= 15 is 37.5 Å². The molecule has 0 bridgehead atoms. The van der Waals surface area contributed by atoms with Gasteiger partial charge in [-0.15, -0.1) is 6.58 Å². The van der Waals surface area contributed by atoms with Gasteiger partial charge in [-0.05, 0) is 131 Å². The molecule has 2 aromatic rings. The largest absolute Gasteiger partial charge is 0.422 e. The van der Waals surface area contributed by atoms with E-state index in [9.17, 15) is 55.1 Å². The molecule has 2 saturated carbocycles. The van der Waals surface area contributed by atoms with Crippen molar-refractivity contribution in [2.24, 2.45) is 17.8 Å². The lowest BCUT2D eigenvalue weighted by Crippen LogP contribution is -2.68. The van der Waals surface area contributed by atoms with Gasteiger partial charge < -0.3 is 64.8 Å². The van der Waals surface area contributed by atoms with E-state index in [4.69, 9.17) is 4.74 Å². The summed E-state index contributed by atoms with van der Waals surface area (Å²) in [5, 5.41) is 8.26. The number of hydrogen-bond acceptors (Lipinski definition) is 13. The van der Waals surface area contributed by atoms with Gasteiger partial charge in [-0.3, -0.25) is 57.5 Å². The average Bonchev–Trinajstić information content (AvgIpc) is 1.70. The number of halogens is 8. The van der Waals surface area contributed by atoms with Crippen LogP contribution in [0.4, 0.5) is 35.1 Å². The van der Waals surface area contributed by atoms with E-state index in [-0.39, 0.29) is 68.7 Å². The molecule has 6 rings (SSSR count). The van der Waals surface area contributed by atoms with Crippen LogP contribution in [0.25, 0.3) is 0 Å². The molecule has 4 aliphatic rings. The molecule has 2 aliphatic carbocycles. The maximum Gasteiger partial charge on any atom is 0.422 e. The SMILES string of the molecule is C=CCC[C@H]1C(=O)N(CC(=C)C)[C@@H](Cc2ccc(C(F)(F)F)cc2)C(=O)N(C)CC(=O)N[C@@H](CCc2cc(F)c(C(F)(F)F)c(F)c2)C(=O)N2C[C@H](OCC)C[C@H]2C(=O)NC2(CCC2)C(=O)N(C)[C@H](C2CCCC2)C(=O)N(C)[C@H](C(=O)N(C)C)CC(=O)N(C)[C@@H](CC(C)C)C(=O)N[C@@H]([C@@H](C)CC)C(=O)N(C)CC(=O)N1C. The van der Waals surface area contributed by atoms with Gasteiger partial charge in [0.2, 0.25) is 70.9 Å². The minimum absolute atomic E-state index is 0.0254. The molecule has 2 aromatic carbocycles. The average molecular weight is 1580 g/mol. The van der Waals surface area contributed by atoms with Gasteiger partial charge in [-0.25, -0.2) is 8.78 Å². The normalized spacial score (nSPS) is 24.8. The van der Waals surface area contributed by atoms with Crippen LogP contribution in [0.15, 0.2) is 61.2 Å². The van der Waals surface area contributed by atoms with E-state index in [1.165, 1.54) is 72.1 Å². The molecule has 616 valence electrons. The zero-order valence-electron chi connectivity index (χ0n) is 66.1. The minimum Gasteiger partial charge on any atom is -0.377 e. The molecule has 111 heavy (non-hydrogen) atoms. The first-order valence-electron chi connectivity index (χ1n) is 37.7. The van der Waals surface area contributed by atoms with Gasteiger partial charge in [0.05, 0.1) is 31.2 Å². The van der Waals surface area contributed by atoms with Crippen LogP contribution in [-0.2, 0) is 87.5 Å². The Morgan fingerprint density at radius 2 is 1.30 bits per heavy atom. The van der Waals surface area contributed by atoms with E-state index in [1.54, 1.807) is 34.6 Å². The van der Waals surface area contributed by atoms with Crippen LogP contribution in [0.1, 0.15) is 154 Å². The highest BCUT2D eigenvalue weighted by molar-refractivity contribution is 6.01. The summed E-state index contributed by atoms with van der Waals surface area (Å²) in [6.07, 6.45) is -9.60. The van der Waals surface area contributed by atoms with Crippen LogP contribution in [0.5, 0.6) is 0 Å². The first kappa shape index (κ1) is 90.8. The third-order valence-corrected chi connectivity index (χ3v) is 21.7. The zero-order valence-corrected chi connectivity index (χ0v) is 66.1. The van der Waals surface area contributed by atoms with Crippen LogP contribution in [0.3, 0.4) is 0 Å². The van der Waals surface area contributed by atoms with Crippen molar-refractivity contribution >= 4 is 70.9 Å². The number of fused-ring (bicyclic) bond motifs is 1. The van der Waals surface area contributed by atoms with E-state index in [0.717, 1.165) is 65.6 Å². The Hall–Kier alpha value is -9.04. The van der Waals surface area contributed by atoms with Gasteiger partial charge in [0.15, 0.2) is 0 Å². The van der Waals surface area contributed by atoms with Crippen LogP contribution in [-0.4, -0.2) is 264 Å². The second-order valence-electron chi connectivity index (χ2n) is 30.8. The third-order valence-electron chi connectivity index (χ3n) is 21.7. The molecule has 12 amide bonds. The summed E-state index contributed by atoms with van der Waals surface area (Å²) in [4.78, 5) is 191. The fourth-order valence-electron chi connectivity index (χ4n) is 15.0. The van der Waals surface area contributed by atoms with Crippen molar-refractivity contribution in [1.29, 1.82) is 0 Å². The first-order valence-corrected chi connectivity index (χ1v) is 37.7. The number of benzene rings is 2. The molecule has 0 radical (unpaired) electrons. The number of likely N-dealkylation sites (N-methyl/N-ethyl adjacent to an activating group) is 7. The number of rotatable bonds is 18. The highest BCUT2D eigenvalue weighted by Gasteiger charge is 2.54.